The summed E-state index contributed by atoms with van der Waals surface area (Å²) in [6.45, 7) is 10.0. The molecule has 70 valence electrons. The Kier molecular flexibility index (Phi) is 2.89. The number of hydrogen-bond donors (Lipinski definition) is 1. The van der Waals surface area contributed by atoms with Gasteiger partial charge >= 0.3 is 0 Å². The van der Waals surface area contributed by atoms with Crippen molar-refractivity contribution < 1.29 is 0 Å². The molecule has 0 spiro atoms. The largest absolute Gasteiger partial charge is 0.324 e. The van der Waals surface area contributed by atoms with Gasteiger partial charge in [0.05, 0.1) is 0 Å². The molecule has 1 atom stereocenters. The van der Waals surface area contributed by atoms with E-state index < -0.39 is 0 Å². The summed E-state index contributed by atoms with van der Waals surface area (Å²) in [7, 11) is 0. The summed E-state index contributed by atoms with van der Waals surface area (Å²) in [5, 5.41) is 0. The number of hydrogen-bond acceptors (Lipinski definition) is 1. The molecule has 0 bridgehead atoms. The second kappa shape index (κ2) is 3.75. The van der Waals surface area contributed by atoms with Crippen LogP contribution in [-0.4, -0.2) is 0 Å². The van der Waals surface area contributed by atoms with E-state index in [9.17, 15) is 0 Å². The van der Waals surface area contributed by atoms with Crippen LogP contribution in [0.4, 0.5) is 0 Å². The Morgan fingerprint density at radius 2 is 1.92 bits per heavy atom. The van der Waals surface area contributed by atoms with Gasteiger partial charge in [0.1, 0.15) is 0 Å². The first-order valence-electron chi connectivity index (χ1n) is 4.56. The van der Waals surface area contributed by atoms with E-state index in [1.54, 1.807) is 0 Å². The molecule has 1 nitrogen and oxygen atoms in total. The molecule has 1 rings (SSSR count). The minimum Gasteiger partial charge on any atom is -0.324 e. The maximum absolute atomic E-state index is 5.85. The van der Waals surface area contributed by atoms with E-state index in [1.807, 2.05) is 13.0 Å². The summed E-state index contributed by atoms with van der Waals surface area (Å²) in [5.74, 6) is 0. The Balaban J connectivity index is 3.31. The van der Waals surface area contributed by atoms with Crippen molar-refractivity contribution in [1.82, 2.24) is 0 Å². The van der Waals surface area contributed by atoms with Crippen LogP contribution in [0, 0.1) is 13.8 Å². The van der Waals surface area contributed by atoms with Crippen molar-refractivity contribution >= 4 is 6.08 Å². The molecular weight excluding hydrogens is 158 g/mol. The highest BCUT2D eigenvalue weighted by Gasteiger charge is 2.06. The zero-order chi connectivity index (χ0) is 10.0. The number of nitrogens with two attached hydrogens (primary N) is 1. The molecular formula is C12H17N. The Hall–Kier alpha value is -1.08. The number of rotatable bonds is 2. The fourth-order valence-electron chi connectivity index (χ4n) is 1.58. The van der Waals surface area contributed by atoms with E-state index in [4.69, 9.17) is 5.73 Å². The summed E-state index contributed by atoms with van der Waals surface area (Å²) in [6.07, 6.45) is 1.88. The van der Waals surface area contributed by atoms with Gasteiger partial charge in [-0.15, -0.1) is 0 Å². The maximum Gasteiger partial charge on any atom is 0.0268 e. The SMILES string of the molecule is C=Cc1ccc(C(C)N)c(C)c1C. The maximum atomic E-state index is 5.85. The average molecular weight is 175 g/mol. The molecule has 0 aliphatic rings. The van der Waals surface area contributed by atoms with Gasteiger partial charge in [-0.2, -0.15) is 0 Å². The Bertz CT molecular complexity index is 324. The molecule has 0 aliphatic carbocycles. The minimum absolute atomic E-state index is 0.109. The Morgan fingerprint density at radius 1 is 1.31 bits per heavy atom. The standard InChI is InChI=1S/C12H17N/c1-5-11-6-7-12(10(4)13)9(3)8(11)2/h5-7,10H,1,13H2,2-4H3. The first-order valence-corrected chi connectivity index (χ1v) is 4.56. The second-order valence-electron chi connectivity index (χ2n) is 3.49. The molecule has 0 radical (unpaired) electrons. The molecule has 0 heterocycles. The Morgan fingerprint density at radius 3 is 2.38 bits per heavy atom. The zero-order valence-electron chi connectivity index (χ0n) is 8.59. The van der Waals surface area contributed by atoms with E-state index >= 15 is 0 Å². The van der Waals surface area contributed by atoms with Crippen molar-refractivity contribution in [2.45, 2.75) is 26.8 Å². The lowest BCUT2D eigenvalue weighted by Crippen LogP contribution is -2.08. The highest BCUT2D eigenvalue weighted by molar-refractivity contribution is 5.55. The van der Waals surface area contributed by atoms with Gasteiger partial charge in [-0.1, -0.05) is 24.8 Å². The van der Waals surface area contributed by atoms with Gasteiger partial charge in [0.2, 0.25) is 0 Å². The van der Waals surface area contributed by atoms with E-state index in [1.165, 1.54) is 22.3 Å². The smallest absolute Gasteiger partial charge is 0.0268 e. The van der Waals surface area contributed by atoms with Crippen LogP contribution in [0.3, 0.4) is 0 Å². The summed E-state index contributed by atoms with van der Waals surface area (Å²) < 4.78 is 0. The molecule has 0 amide bonds. The topological polar surface area (TPSA) is 26.0 Å². The van der Waals surface area contributed by atoms with Crippen molar-refractivity contribution in [3.8, 4) is 0 Å². The molecule has 0 fully saturated rings. The fraction of sp³-hybridized carbons (Fsp3) is 0.333. The van der Waals surface area contributed by atoms with Crippen molar-refractivity contribution in [2.75, 3.05) is 0 Å². The van der Waals surface area contributed by atoms with Gasteiger partial charge in [-0.05, 0) is 43.0 Å². The fourth-order valence-corrected chi connectivity index (χ4v) is 1.58. The lowest BCUT2D eigenvalue weighted by atomic mass is 9.95. The second-order valence-corrected chi connectivity index (χ2v) is 3.49. The normalized spacial score (nSPS) is 12.6. The molecule has 1 aromatic carbocycles. The third kappa shape index (κ3) is 1.81. The minimum atomic E-state index is 0.109. The summed E-state index contributed by atoms with van der Waals surface area (Å²) >= 11 is 0. The van der Waals surface area contributed by atoms with Crippen molar-refractivity contribution in [3.63, 3.8) is 0 Å². The molecule has 1 aromatic rings. The number of benzene rings is 1. The predicted octanol–water partition coefficient (Wildman–Crippen LogP) is 2.97. The molecule has 1 heteroatoms. The molecule has 0 saturated carbocycles. The van der Waals surface area contributed by atoms with E-state index in [0.29, 0.717) is 0 Å². The zero-order valence-corrected chi connectivity index (χ0v) is 8.59. The van der Waals surface area contributed by atoms with Gasteiger partial charge in [0.15, 0.2) is 0 Å². The van der Waals surface area contributed by atoms with Gasteiger partial charge in [-0.25, -0.2) is 0 Å². The first-order chi connectivity index (χ1) is 6.07. The highest BCUT2D eigenvalue weighted by Crippen LogP contribution is 2.22. The van der Waals surface area contributed by atoms with E-state index in [-0.39, 0.29) is 6.04 Å². The molecule has 0 aliphatic heterocycles. The quantitative estimate of drug-likeness (QED) is 0.734. The Labute approximate surface area is 80.3 Å². The van der Waals surface area contributed by atoms with Gasteiger partial charge < -0.3 is 5.73 Å². The highest BCUT2D eigenvalue weighted by atomic mass is 14.6. The third-order valence-corrected chi connectivity index (χ3v) is 2.58. The van der Waals surface area contributed by atoms with Crippen molar-refractivity contribution in [2.24, 2.45) is 5.73 Å². The van der Waals surface area contributed by atoms with Crippen LogP contribution in [0.1, 0.15) is 35.2 Å². The molecule has 0 saturated heterocycles. The molecule has 13 heavy (non-hydrogen) atoms. The van der Waals surface area contributed by atoms with Crippen LogP contribution in [0.25, 0.3) is 6.08 Å². The van der Waals surface area contributed by atoms with Crippen LogP contribution < -0.4 is 5.73 Å². The van der Waals surface area contributed by atoms with Crippen LogP contribution >= 0.6 is 0 Å². The van der Waals surface area contributed by atoms with E-state index in [2.05, 4.69) is 32.6 Å². The van der Waals surface area contributed by atoms with Crippen LogP contribution in [-0.2, 0) is 0 Å². The molecule has 0 aromatic heterocycles. The van der Waals surface area contributed by atoms with Gasteiger partial charge in [0, 0.05) is 6.04 Å². The predicted molar refractivity (Wildman–Crippen MR) is 58.6 cm³/mol. The monoisotopic (exact) mass is 175 g/mol. The van der Waals surface area contributed by atoms with Crippen molar-refractivity contribution in [3.05, 3.63) is 41.0 Å². The van der Waals surface area contributed by atoms with Gasteiger partial charge in [-0.3, -0.25) is 0 Å². The van der Waals surface area contributed by atoms with Crippen molar-refractivity contribution in [1.29, 1.82) is 0 Å². The lowest BCUT2D eigenvalue weighted by molar-refractivity contribution is 0.807. The molecule has 2 N–H and O–H groups in total. The summed E-state index contributed by atoms with van der Waals surface area (Å²) in [5.41, 5.74) is 10.8. The summed E-state index contributed by atoms with van der Waals surface area (Å²) in [4.78, 5) is 0. The average Bonchev–Trinajstić information content (AvgIpc) is 2.09. The molecule has 1 unspecified atom stereocenters. The van der Waals surface area contributed by atoms with Gasteiger partial charge in [0.25, 0.3) is 0 Å². The third-order valence-electron chi connectivity index (χ3n) is 2.58. The van der Waals surface area contributed by atoms with Crippen LogP contribution in [0.5, 0.6) is 0 Å². The lowest BCUT2D eigenvalue weighted by Gasteiger charge is -2.13. The summed E-state index contributed by atoms with van der Waals surface area (Å²) in [6, 6.07) is 4.27. The first kappa shape index (κ1) is 10.0. The van der Waals surface area contributed by atoms with Crippen LogP contribution in [0.2, 0.25) is 0 Å². The van der Waals surface area contributed by atoms with Crippen LogP contribution in [0.15, 0.2) is 18.7 Å². The van der Waals surface area contributed by atoms with E-state index in [0.717, 1.165) is 0 Å².